The maximum Gasteiger partial charge on any atom is 0.267 e. The maximum atomic E-state index is 11.7. The van der Waals surface area contributed by atoms with E-state index in [4.69, 9.17) is 10.7 Å². The van der Waals surface area contributed by atoms with E-state index >= 15 is 0 Å². The van der Waals surface area contributed by atoms with Gasteiger partial charge < -0.3 is 10.3 Å². The van der Waals surface area contributed by atoms with Crippen LogP contribution in [0.3, 0.4) is 0 Å². The van der Waals surface area contributed by atoms with Crippen molar-refractivity contribution < 1.29 is 13.2 Å². The summed E-state index contributed by atoms with van der Waals surface area (Å²) >= 11 is 0. The van der Waals surface area contributed by atoms with Crippen LogP contribution < -0.4 is 5.32 Å². The smallest absolute Gasteiger partial charge is 0.267 e. The van der Waals surface area contributed by atoms with Gasteiger partial charge in [0.2, 0.25) is 0 Å². The molecular formula is C11H15ClN2O3S. The molecule has 0 aliphatic heterocycles. The Hall–Kier alpha value is -1.01. The highest BCUT2D eigenvalue weighted by Gasteiger charge is 2.18. The number of hydrogen-bond donors (Lipinski definition) is 2. The normalized spacial score (nSPS) is 16.3. The molecule has 1 heterocycles. The topological polar surface area (TPSA) is 79.0 Å². The average Bonchev–Trinajstić information content (AvgIpc) is 2.69. The molecule has 5 nitrogen and oxygen atoms in total. The number of nitrogens with one attached hydrogen (secondary N) is 2. The first kappa shape index (κ1) is 13.4. The van der Waals surface area contributed by atoms with Crippen molar-refractivity contribution in [1.29, 1.82) is 0 Å². The van der Waals surface area contributed by atoms with Gasteiger partial charge in [0, 0.05) is 23.4 Å². The van der Waals surface area contributed by atoms with Crippen molar-refractivity contribution >= 4 is 25.6 Å². The van der Waals surface area contributed by atoms with Gasteiger partial charge in [0.05, 0.1) is 0 Å². The fourth-order valence-electron chi connectivity index (χ4n) is 1.91. The third-order valence-electron chi connectivity index (χ3n) is 3.25. The molecule has 0 aromatic carbocycles. The molecule has 1 aliphatic carbocycles. The van der Waals surface area contributed by atoms with Crippen LogP contribution in [0.1, 0.15) is 36.2 Å². The molecule has 0 radical (unpaired) electrons. The number of aromatic amines is 1. The molecule has 2 rings (SSSR count). The van der Waals surface area contributed by atoms with E-state index in [0.29, 0.717) is 6.54 Å². The summed E-state index contributed by atoms with van der Waals surface area (Å²) in [4.78, 5) is 14.2. The number of hydrogen-bond acceptors (Lipinski definition) is 3. The summed E-state index contributed by atoms with van der Waals surface area (Å²) in [6, 6.07) is 1.24. The highest BCUT2D eigenvalue weighted by Crippen LogP contribution is 2.28. The van der Waals surface area contributed by atoms with Crippen LogP contribution in [0.2, 0.25) is 0 Å². The van der Waals surface area contributed by atoms with E-state index in [-0.39, 0.29) is 16.5 Å². The Morgan fingerprint density at radius 1 is 1.50 bits per heavy atom. The lowest BCUT2D eigenvalue weighted by Gasteiger charge is -2.25. The van der Waals surface area contributed by atoms with Crippen LogP contribution in [0.25, 0.3) is 0 Å². The second-order valence-electron chi connectivity index (χ2n) is 4.53. The van der Waals surface area contributed by atoms with Gasteiger partial charge in [-0.3, -0.25) is 4.79 Å². The van der Waals surface area contributed by atoms with Crippen molar-refractivity contribution in [3.05, 3.63) is 18.0 Å². The first-order valence-corrected chi connectivity index (χ1v) is 8.19. The van der Waals surface area contributed by atoms with Crippen molar-refractivity contribution in [1.82, 2.24) is 10.3 Å². The third-order valence-corrected chi connectivity index (χ3v) is 4.58. The lowest BCUT2D eigenvalue weighted by Crippen LogP contribution is -2.27. The van der Waals surface area contributed by atoms with Gasteiger partial charge in [-0.2, -0.15) is 0 Å². The molecule has 18 heavy (non-hydrogen) atoms. The number of halogens is 1. The van der Waals surface area contributed by atoms with Gasteiger partial charge in [-0.05, 0) is 18.4 Å². The fourth-order valence-corrected chi connectivity index (χ4v) is 2.64. The maximum absolute atomic E-state index is 11.7. The van der Waals surface area contributed by atoms with E-state index in [1.165, 1.54) is 31.5 Å². The molecule has 0 saturated heterocycles. The Balaban J connectivity index is 1.86. The molecule has 1 aliphatic rings. The second-order valence-corrected chi connectivity index (χ2v) is 7.09. The van der Waals surface area contributed by atoms with Crippen LogP contribution in [0.15, 0.2) is 17.2 Å². The Morgan fingerprint density at radius 3 is 2.72 bits per heavy atom. The molecular weight excluding hydrogens is 276 g/mol. The summed E-state index contributed by atoms with van der Waals surface area (Å²) in [5.41, 5.74) is 0.211. The van der Waals surface area contributed by atoms with E-state index in [0.717, 1.165) is 12.3 Å². The average molecular weight is 291 g/mol. The Labute approximate surface area is 110 Å². The summed E-state index contributed by atoms with van der Waals surface area (Å²) in [6.45, 7) is 0.617. The quantitative estimate of drug-likeness (QED) is 0.813. The van der Waals surface area contributed by atoms with Crippen LogP contribution in [0.5, 0.6) is 0 Å². The zero-order valence-corrected chi connectivity index (χ0v) is 11.4. The predicted octanol–water partition coefficient (Wildman–Crippen LogP) is 1.86. The van der Waals surface area contributed by atoms with Crippen molar-refractivity contribution in [2.75, 3.05) is 6.54 Å². The Kier molecular flexibility index (Phi) is 3.97. The van der Waals surface area contributed by atoms with Crippen molar-refractivity contribution in [2.24, 2.45) is 5.92 Å². The number of rotatable bonds is 5. The molecule has 0 atom stereocenters. The predicted molar refractivity (Wildman–Crippen MR) is 68.1 cm³/mol. The molecule has 1 saturated carbocycles. The number of aromatic nitrogens is 1. The number of H-pyrrole nitrogens is 1. The molecule has 1 amide bonds. The second kappa shape index (κ2) is 5.32. The van der Waals surface area contributed by atoms with Gasteiger partial charge in [0.15, 0.2) is 0 Å². The molecule has 100 valence electrons. The van der Waals surface area contributed by atoms with Gasteiger partial charge in [-0.15, -0.1) is 0 Å². The fraction of sp³-hybridized carbons (Fsp3) is 0.545. The van der Waals surface area contributed by atoms with E-state index in [2.05, 4.69) is 10.3 Å². The monoisotopic (exact) mass is 290 g/mol. The summed E-state index contributed by atoms with van der Waals surface area (Å²) in [6.07, 6.45) is 5.96. The first-order valence-electron chi connectivity index (χ1n) is 5.88. The first-order chi connectivity index (χ1) is 8.47. The summed E-state index contributed by atoms with van der Waals surface area (Å²) in [7, 11) is 1.39. The Morgan fingerprint density at radius 2 is 2.22 bits per heavy atom. The zero-order chi connectivity index (χ0) is 13.2. The highest BCUT2D eigenvalue weighted by atomic mass is 35.7. The van der Waals surface area contributed by atoms with Crippen LogP contribution in [0.4, 0.5) is 0 Å². The molecule has 1 fully saturated rings. The molecule has 0 bridgehead atoms. The number of carbonyl (C=O) groups is 1. The standard InChI is InChI=1S/C11H15ClN2O3S/c12-18(16,17)9-6-10(14-7-9)11(15)13-5-4-8-2-1-3-8/h6-8,14H,1-5H2,(H,13,15). The van der Waals surface area contributed by atoms with Gasteiger partial charge in [0.25, 0.3) is 15.0 Å². The molecule has 0 unspecified atom stereocenters. The summed E-state index contributed by atoms with van der Waals surface area (Å²) in [5, 5.41) is 2.75. The minimum atomic E-state index is -3.78. The van der Waals surface area contributed by atoms with Crippen molar-refractivity contribution in [3.8, 4) is 0 Å². The highest BCUT2D eigenvalue weighted by molar-refractivity contribution is 8.13. The summed E-state index contributed by atoms with van der Waals surface area (Å²) < 4.78 is 22.1. The van der Waals surface area contributed by atoms with Crippen LogP contribution >= 0.6 is 10.7 Å². The minimum Gasteiger partial charge on any atom is -0.356 e. The SMILES string of the molecule is O=C(NCCC1CCC1)c1cc(S(=O)(=O)Cl)c[nH]1. The molecule has 1 aromatic rings. The van der Waals surface area contributed by atoms with E-state index in [9.17, 15) is 13.2 Å². The number of amides is 1. The zero-order valence-electron chi connectivity index (χ0n) is 9.78. The minimum absolute atomic E-state index is 0.0895. The lowest BCUT2D eigenvalue weighted by atomic mass is 9.83. The van der Waals surface area contributed by atoms with Crippen molar-refractivity contribution in [3.63, 3.8) is 0 Å². The molecule has 0 spiro atoms. The van der Waals surface area contributed by atoms with Crippen LogP contribution in [-0.4, -0.2) is 25.9 Å². The molecule has 7 heteroatoms. The number of carbonyl (C=O) groups excluding carboxylic acids is 1. The lowest BCUT2D eigenvalue weighted by molar-refractivity contribution is 0.0944. The largest absolute Gasteiger partial charge is 0.356 e. The van der Waals surface area contributed by atoms with Crippen molar-refractivity contribution in [2.45, 2.75) is 30.6 Å². The summed E-state index contributed by atoms with van der Waals surface area (Å²) in [5.74, 6) is 0.425. The third kappa shape index (κ3) is 3.26. The Bertz CT molecular complexity index is 534. The van der Waals surface area contributed by atoms with Gasteiger partial charge in [-0.25, -0.2) is 8.42 Å². The van der Waals surface area contributed by atoms with Gasteiger partial charge >= 0.3 is 0 Å². The van der Waals surface area contributed by atoms with E-state index in [1.54, 1.807) is 0 Å². The molecule has 1 aromatic heterocycles. The molecule has 2 N–H and O–H groups in total. The van der Waals surface area contributed by atoms with E-state index in [1.807, 2.05) is 0 Å². The van der Waals surface area contributed by atoms with Gasteiger partial charge in [0.1, 0.15) is 10.6 Å². The van der Waals surface area contributed by atoms with Crippen LogP contribution in [-0.2, 0) is 9.05 Å². The van der Waals surface area contributed by atoms with Crippen LogP contribution in [0, 0.1) is 5.92 Å². The van der Waals surface area contributed by atoms with Gasteiger partial charge in [-0.1, -0.05) is 19.3 Å². The van der Waals surface area contributed by atoms with E-state index < -0.39 is 9.05 Å².